The first-order chi connectivity index (χ1) is 13.0. The molecule has 2 aromatic rings. The molecule has 27 heavy (non-hydrogen) atoms. The van der Waals surface area contributed by atoms with Crippen LogP contribution in [-0.4, -0.2) is 39.2 Å². The monoisotopic (exact) mass is 370 g/mol. The van der Waals surface area contributed by atoms with E-state index in [-0.39, 0.29) is 12.5 Å². The van der Waals surface area contributed by atoms with Crippen molar-refractivity contribution in [1.82, 2.24) is 5.32 Å². The van der Waals surface area contributed by atoms with Gasteiger partial charge in [0.25, 0.3) is 5.91 Å². The second-order valence-electron chi connectivity index (χ2n) is 6.29. The molecule has 0 saturated carbocycles. The fourth-order valence-corrected chi connectivity index (χ4v) is 2.29. The number of benzene rings is 2. The van der Waals surface area contributed by atoms with Gasteiger partial charge in [0.05, 0.1) is 12.2 Å². The number of esters is 1. The first kappa shape index (κ1) is 20.3. The van der Waals surface area contributed by atoms with Crippen molar-refractivity contribution in [2.75, 3.05) is 32.2 Å². The standard InChI is InChI=1S/C21H26N2O4/c1-4-13-26-19-11-7-17(8-12-19)21(25)27-15-20(24)22-14-16-5-9-18(10-6-16)23(2)3/h5-12H,4,13-15H2,1-3H3,(H,22,24). The summed E-state index contributed by atoms with van der Waals surface area (Å²) >= 11 is 0. The number of anilines is 1. The smallest absolute Gasteiger partial charge is 0.338 e. The predicted molar refractivity (Wildman–Crippen MR) is 105 cm³/mol. The molecule has 0 bridgehead atoms. The fourth-order valence-electron chi connectivity index (χ4n) is 2.29. The van der Waals surface area contributed by atoms with E-state index in [9.17, 15) is 9.59 Å². The summed E-state index contributed by atoms with van der Waals surface area (Å²) in [7, 11) is 3.94. The highest BCUT2D eigenvalue weighted by Crippen LogP contribution is 2.13. The number of nitrogens with zero attached hydrogens (tertiary/aromatic N) is 1. The average Bonchev–Trinajstić information content (AvgIpc) is 2.69. The Kier molecular flexibility index (Phi) is 7.67. The van der Waals surface area contributed by atoms with Crippen LogP contribution in [0.15, 0.2) is 48.5 Å². The lowest BCUT2D eigenvalue weighted by Crippen LogP contribution is -2.28. The zero-order valence-electron chi connectivity index (χ0n) is 16.0. The third kappa shape index (κ3) is 6.66. The number of rotatable bonds is 9. The minimum absolute atomic E-state index is 0.317. The number of hydrogen-bond acceptors (Lipinski definition) is 5. The van der Waals surface area contributed by atoms with E-state index in [1.807, 2.05) is 50.2 Å². The van der Waals surface area contributed by atoms with E-state index in [1.54, 1.807) is 24.3 Å². The maximum atomic E-state index is 12.0. The highest BCUT2D eigenvalue weighted by Gasteiger charge is 2.10. The van der Waals surface area contributed by atoms with E-state index in [0.717, 1.165) is 17.7 Å². The average molecular weight is 370 g/mol. The maximum absolute atomic E-state index is 12.0. The molecule has 0 aliphatic carbocycles. The van der Waals surface area contributed by atoms with Gasteiger partial charge >= 0.3 is 5.97 Å². The lowest BCUT2D eigenvalue weighted by atomic mass is 10.2. The van der Waals surface area contributed by atoms with Crippen molar-refractivity contribution in [3.05, 3.63) is 59.7 Å². The van der Waals surface area contributed by atoms with Crippen molar-refractivity contribution in [3.8, 4) is 5.75 Å². The number of ether oxygens (including phenoxy) is 2. The van der Waals surface area contributed by atoms with Crippen LogP contribution in [0, 0.1) is 0 Å². The highest BCUT2D eigenvalue weighted by atomic mass is 16.5. The SMILES string of the molecule is CCCOc1ccc(C(=O)OCC(=O)NCc2ccc(N(C)C)cc2)cc1. The van der Waals surface area contributed by atoms with Crippen LogP contribution in [0.5, 0.6) is 5.75 Å². The van der Waals surface area contributed by atoms with Crippen LogP contribution in [0.1, 0.15) is 29.3 Å². The van der Waals surface area contributed by atoms with Crippen molar-refractivity contribution in [1.29, 1.82) is 0 Å². The Morgan fingerprint density at radius 3 is 2.26 bits per heavy atom. The summed E-state index contributed by atoms with van der Waals surface area (Å²) < 4.78 is 10.5. The fraction of sp³-hybridized carbons (Fsp3) is 0.333. The number of hydrogen-bond donors (Lipinski definition) is 1. The maximum Gasteiger partial charge on any atom is 0.338 e. The van der Waals surface area contributed by atoms with Gasteiger partial charge in [0.1, 0.15) is 5.75 Å². The van der Waals surface area contributed by atoms with Gasteiger partial charge in [-0.1, -0.05) is 19.1 Å². The molecule has 0 radical (unpaired) electrons. The second-order valence-corrected chi connectivity index (χ2v) is 6.29. The molecular weight excluding hydrogens is 344 g/mol. The highest BCUT2D eigenvalue weighted by molar-refractivity contribution is 5.91. The Hall–Kier alpha value is -3.02. The Morgan fingerprint density at radius 1 is 1.00 bits per heavy atom. The van der Waals surface area contributed by atoms with E-state index in [2.05, 4.69) is 5.32 Å². The number of nitrogens with one attached hydrogen (secondary N) is 1. The number of carbonyl (C=O) groups is 2. The molecule has 6 nitrogen and oxygen atoms in total. The van der Waals surface area contributed by atoms with Crippen LogP contribution >= 0.6 is 0 Å². The Bertz CT molecular complexity index is 740. The summed E-state index contributed by atoms with van der Waals surface area (Å²) in [5.74, 6) is -0.183. The van der Waals surface area contributed by atoms with Crippen molar-refractivity contribution < 1.29 is 19.1 Å². The molecule has 6 heteroatoms. The van der Waals surface area contributed by atoms with Crippen molar-refractivity contribution in [3.63, 3.8) is 0 Å². The molecule has 144 valence electrons. The molecule has 0 saturated heterocycles. The molecule has 1 amide bonds. The second kappa shape index (κ2) is 10.2. The van der Waals surface area contributed by atoms with E-state index < -0.39 is 5.97 Å². The van der Waals surface area contributed by atoms with Crippen LogP contribution in [0.3, 0.4) is 0 Å². The Labute approximate surface area is 160 Å². The van der Waals surface area contributed by atoms with Crippen LogP contribution in [-0.2, 0) is 16.1 Å². The quantitative estimate of drug-likeness (QED) is 0.687. The molecule has 2 rings (SSSR count). The molecule has 0 aliphatic rings. The van der Waals surface area contributed by atoms with Gasteiger partial charge in [-0.05, 0) is 48.4 Å². The third-order valence-electron chi connectivity index (χ3n) is 3.84. The summed E-state index contributed by atoms with van der Waals surface area (Å²) in [5, 5.41) is 2.74. The number of carbonyl (C=O) groups excluding carboxylic acids is 2. The third-order valence-corrected chi connectivity index (χ3v) is 3.84. The largest absolute Gasteiger partial charge is 0.494 e. The van der Waals surface area contributed by atoms with Gasteiger partial charge < -0.3 is 19.7 Å². The van der Waals surface area contributed by atoms with Crippen molar-refractivity contribution in [2.45, 2.75) is 19.9 Å². The van der Waals surface area contributed by atoms with E-state index >= 15 is 0 Å². The Morgan fingerprint density at radius 2 is 1.67 bits per heavy atom. The van der Waals surface area contributed by atoms with Gasteiger partial charge in [0, 0.05) is 26.3 Å². The van der Waals surface area contributed by atoms with E-state index in [1.165, 1.54) is 0 Å². The summed E-state index contributed by atoms with van der Waals surface area (Å²) in [6.45, 7) is 2.72. The van der Waals surface area contributed by atoms with Crippen molar-refractivity contribution >= 4 is 17.6 Å². The molecule has 0 fully saturated rings. The molecular formula is C21H26N2O4. The first-order valence-corrected chi connectivity index (χ1v) is 8.92. The summed E-state index contributed by atoms with van der Waals surface area (Å²) in [5.41, 5.74) is 2.44. The van der Waals surface area contributed by atoms with Crippen LogP contribution in [0.4, 0.5) is 5.69 Å². The molecule has 0 atom stereocenters. The van der Waals surface area contributed by atoms with Gasteiger partial charge in [-0.3, -0.25) is 4.79 Å². The van der Waals surface area contributed by atoms with Crippen molar-refractivity contribution in [2.24, 2.45) is 0 Å². The summed E-state index contributed by atoms with van der Waals surface area (Å²) in [4.78, 5) is 25.9. The first-order valence-electron chi connectivity index (χ1n) is 8.92. The van der Waals surface area contributed by atoms with Crippen LogP contribution in [0.25, 0.3) is 0 Å². The molecule has 0 spiro atoms. The van der Waals surface area contributed by atoms with E-state index in [4.69, 9.17) is 9.47 Å². The minimum Gasteiger partial charge on any atom is -0.494 e. The topological polar surface area (TPSA) is 67.9 Å². The normalized spacial score (nSPS) is 10.2. The Balaban J connectivity index is 1.75. The summed E-state index contributed by atoms with van der Waals surface area (Å²) in [6, 6.07) is 14.5. The van der Waals surface area contributed by atoms with Gasteiger partial charge in [-0.2, -0.15) is 0 Å². The van der Waals surface area contributed by atoms with E-state index in [0.29, 0.717) is 24.5 Å². The lowest BCUT2D eigenvalue weighted by molar-refractivity contribution is -0.124. The zero-order valence-corrected chi connectivity index (χ0v) is 16.0. The molecule has 2 aromatic carbocycles. The molecule has 0 heterocycles. The molecule has 0 aromatic heterocycles. The predicted octanol–water partition coefficient (Wildman–Crippen LogP) is 3.01. The molecule has 0 aliphatic heterocycles. The van der Waals surface area contributed by atoms with Crippen LogP contribution < -0.4 is 15.0 Å². The van der Waals surface area contributed by atoms with Gasteiger partial charge in [-0.15, -0.1) is 0 Å². The lowest BCUT2D eigenvalue weighted by Gasteiger charge is -2.13. The summed E-state index contributed by atoms with van der Waals surface area (Å²) in [6.07, 6.45) is 0.915. The van der Waals surface area contributed by atoms with Crippen LogP contribution in [0.2, 0.25) is 0 Å². The van der Waals surface area contributed by atoms with Gasteiger partial charge in [0.15, 0.2) is 6.61 Å². The number of amides is 1. The van der Waals surface area contributed by atoms with Gasteiger partial charge in [-0.25, -0.2) is 4.79 Å². The zero-order chi connectivity index (χ0) is 19.6. The van der Waals surface area contributed by atoms with Gasteiger partial charge in [0.2, 0.25) is 0 Å². The molecule has 1 N–H and O–H groups in total. The molecule has 0 unspecified atom stereocenters. The minimum atomic E-state index is -0.539.